The molecular formula is C15H11IN2O2. The summed E-state index contributed by atoms with van der Waals surface area (Å²) in [5.41, 5.74) is 3.18. The molecule has 1 heterocycles. The quantitative estimate of drug-likeness (QED) is 0.548. The van der Waals surface area contributed by atoms with E-state index in [-0.39, 0.29) is 5.97 Å². The number of aromatic nitrogens is 2. The molecule has 0 aliphatic rings. The average molecular weight is 378 g/mol. The predicted octanol–water partition coefficient (Wildman–Crippen LogP) is 3.62. The van der Waals surface area contributed by atoms with Gasteiger partial charge in [-0.25, -0.2) is 9.78 Å². The molecule has 5 heteroatoms. The Balaban J connectivity index is 2.09. The number of nitrogens with one attached hydrogen (secondary N) is 1. The molecule has 0 spiro atoms. The molecule has 0 unspecified atom stereocenters. The van der Waals surface area contributed by atoms with E-state index in [1.54, 1.807) is 12.1 Å². The van der Waals surface area contributed by atoms with Crippen LogP contribution in [0.2, 0.25) is 0 Å². The normalized spacial score (nSPS) is 10.7. The zero-order valence-corrected chi connectivity index (χ0v) is 12.8. The van der Waals surface area contributed by atoms with Crippen LogP contribution < -0.4 is 0 Å². The lowest BCUT2D eigenvalue weighted by Gasteiger charge is -1.97. The number of hydrogen-bond acceptors (Lipinski definition) is 3. The van der Waals surface area contributed by atoms with E-state index in [4.69, 9.17) is 4.74 Å². The van der Waals surface area contributed by atoms with Crippen LogP contribution in [0.3, 0.4) is 0 Å². The molecule has 20 heavy (non-hydrogen) atoms. The van der Waals surface area contributed by atoms with Gasteiger partial charge in [0.25, 0.3) is 0 Å². The molecule has 4 nitrogen and oxygen atoms in total. The molecule has 0 aliphatic carbocycles. The number of aromatic amines is 1. The number of hydrogen-bond donors (Lipinski definition) is 1. The van der Waals surface area contributed by atoms with Gasteiger partial charge in [-0.15, -0.1) is 0 Å². The monoisotopic (exact) mass is 378 g/mol. The molecule has 1 N–H and O–H groups in total. The minimum absolute atomic E-state index is 0.350. The van der Waals surface area contributed by atoms with Gasteiger partial charge in [-0.3, -0.25) is 0 Å². The second kappa shape index (κ2) is 5.24. The van der Waals surface area contributed by atoms with Crippen LogP contribution in [0.4, 0.5) is 0 Å². The number of carbonyl (C=O) groups excluding carboxylic acids is 1. The largest absolute Gasteiger partial charge is 0.465 e. The zero-order valence-electron chi connectivity index (χ0n) is 10.7. The van der Waals surface area contributed by atoms with Gasteiger partial charge >= 0.3 is 5.97 Å². The van der Waals surface area contributed by atoms with Crippen molar-refractivity contribution in [2.45, 2.75) is 0 Å². The Morgan fingerprint density at radius 2 is 2.10 bits per heavy atom. The molecular weight excluding hydrogens is 367 g/mol. The Morgan fingerprint density at radius 3 is 2.85 bits per heavy atom. The van der Waals surface area contributed by atoms with Gasteiger partial charge in [-0.1, -0.05) is 12.1 Å². The average Bonchev–Trinajstić information content (AvgIpc) is 2.89. The van der Waals surface area contributed by atoms with Crippen molar-refractivity contribution in [1.29, 1.82) is 0 Å². The Kier molecular flexibility index (Phi) is 3.43. The maximum Gasteiger partial charge on any atom is 0.337 e. The number of carbonyl (C=O) groups is 1. The maximum atomic E-state index is 11.5. The van der Waals surface area contributed by atoms with Crippen molar-refractivity contribution in [1.82, 2.24) is 9.97 Å². The van der Waals surface area contributed by atoms with E-state index in [9.17, 15) is 4.79 Å². The summed E-state index contributed by atoms with van der Waals surface area (Å²) in [6.45, 7) is 0. The number of fused-ring (bicyclic) bond motifs is 1. The number of imidazole rings is 1. The SMILES string of the molecule is COC(=O)c1ccc2nc(-c3cccc(I)c3)[nH]c2c1. The Labute approximate surface area is 129 Å². The summed E-state index contributed by atoms with van der Waals surface area (Å²) in [5, 5.41) is 0. The lowest BCUT2D eigenvalue weighted by Crippen LogP contribution is -2.00. The van der Waals surface area contributed by atoms with Crippen LogP contribution in [-0.4, -0.2) is 23.0 Å². The van der Waals surface area contributed by atoms with Crippen molar-refractivity contribution in [3.63, 3.8) is 0 Å². The smallest absolute Gasteiger partial charge is 0.337 e. The molecule has 0 atom stereocenters. The number of rotatable bonds is 2. The molecule has 0 amide bonds. The van der Waals surface area contributed by atoms with Crippen LogP contribution in [-0.2, 0) is 4.74 Å². The summed E-state index contributed by atoms with van der Waals surface area (Å²) in [6.07, 6.45) is 0. The van der Waals surface area contributed by atoms with Crippen LogP contribution in [0, 0.1) is 3.57 Å². The molecule has 3 rings (SSSR count). The number of ether oxygens (including phenoxy) is 1. The van der Waals surface area contributed by atoms with Gasteiger partial charge in [0.1, 0.15) is 5.82 Å². The highest BCUT2D eigenvalue weighted by Gasteiger charge is 2.10. The van der Waals surface area contributed by atoms with Crippen LogP contribution in [0.15, 0.2) is 42.5 Å². The predicted molar refractivity (Wildman–Crippen MR) is 85.6 cm³/mol. The van der Waals surface area contributed by atoms with E-state index in [1.807, 2.05) is 24.3 Å². The van der Waals surface area contributed by atoms with Crippen LogP contribution in [0.5, 0.6) is 0 Å². The topological polar surface area (TPSA) is 55.0 Å². The molecule has 1 aromatic heterocycles. The summed E-state index contributed by atoms with van der Waals surface area (Å²) in [5.74, 6) is 0.442. The number of H-pyrrole nitrogens is 1. The van der Waals surface area contributed by atoms with E-state index in [1.165, 1.54) is 7.11 Å². The third-order valence-corrected chi connectivity index (χ3v) is 3.67. The number of nitrogens with zero attached hydrogens (tertiary/aromatic N) is 1. The van der Waals surface area contributed by atoms with E-state index >= 15 is 0 Å². The van der Waals surface area contributed by atoms with Crippen molar-refractivity contribution in [2.75, 3.05) is 7.11 Å². The summed E-state index contributed by atoms with van der Waals surface area (Å²) in [6, 6.07) is 13.4. The van der Waals surface area contributed by atoms with Gasteiger partial charge in [-0.05, 0) is 52.9 Å². The minimum Gasteiger partial charge on any atom is -0.465 e. The third-order valence-electron chi connectivity index (χ3n) is 3.00. The van der Waals surface area contributed by atoms with Crippen molar-refractivity contribution >= 4 is 39.6 Å². The number of halogens is 1. The van der Waals surface area contributed by atoms with Gasteiger partial charge in [0.05, 0.1) is 23.7 Å². The first kappa shape index (κ1) is 13.1. The third kappa shape index (κ3) is 2.40. The first-order valence-corrected chi connectivity index (χ1v) is 7.09. The van der Waals surface area contributed by atoms with Crippen molar-refractivity contribution in [2.24, 2.45) is 0 Å². The highest BCUT2D eigenvalue weighted by atomic mass is 127. The van der Waals surface area contributed by atoms with Crippen molar-refractivity contribution in [3.8, 4) is 11.4 Å². The van der Waals surface area contributed by atoms with E-state index in [0.29, 0.717) is 5.56 Å². The standard InChI is InChI=1S/C15H11IN2O2/c1-20-15(19)10-5-6-12-13(8-10)18-14(17-12)9-3-2-4-11(16)7-9/h2-8H,1H3,(H,17,18). The summed E-state index contributed by atoms with van der Waals surface area (Å²) in [4.78, 5) is 19.3. The van der Waals surface area contributed by atoms with Gasteiger partial charge in [0, 0.05) is 9.13 Å². The molecule has 0 radical (unpaired) electrons. The molecule has 0 saturated heterocycles. The second-order valence-corrected chi connectivity index (χ2v) is 5.56. The van der Waals surface area contributed by atoms with Gasteiger partial charge in [-0.2, -0.15) is 0 Å². The minimum atomic E-state index is -0.350. The lowest BCUT2D eigenvalue weighted by atomic mass is 10.2. The molecule has 2 aromatic carbocycles. The van der Waals surface area contributed by atoms with Crippen molar-refractivity contribution in [3.05, 3.63) is 51.6 Å². The lowest BCUT2D eigenvalue weighted by molar-refractivity contribution is 0.0601. The fraction of sp³-hybridized carbons (Fsp3) is 0.0667. The van der Waals surface area contributed by atoms with Crippen molar-refractivity contribution < 1.29 is 9.53 Å². The molecule has 100 valence electrons. The Morgan fingerprint density at radius 1 is 1.25 bits per heavy atom. The first-order valence-electron chi connectivity index (χ1n) is 6.01. The molecule has 0 fully saturated rings. The first-order chi connectivity index (χ1) is 9.67. The van der Waals surface area contributed by atoms with Crippen LogP contribution in [0.25, 0.3) is 22.4 Å². The van der Waals surface area contributed by atoms with E-state index in [0.717, 1.165) is 26.0 Å². The molecule has 0 saturated carbocycles. The highest BCUT2D eigenvalue weighted by Crippen LogP contribution is 2.22. The summed E-state index contributed by atoms with van der Waals surface area (Å²) < 4.78 is 5.87. The summed E-state index contributed by atoms with van der Waals surface area (Å²) >= 11 is 2.27. The fourth-order valence-electron chi connectivity index (χ4n) is 2.03. The molecule has 0 bridgehead atoms. The summed E-state index contributed by atoms with van der Waals surface area (Å²) in [7, 11) is 1.37. The van der Waals surface area contributed by atoms with Crippen LogP contribution in [0.1, 0.15) is 10.4 Å². The number of methoxy groups -OCH3 is 1. The van der Waals surface area contributed by atoms with E-state index < -0.39 is 0 Å². The van der Waals surface area contributed by atoms with Crippen LogP contribution >= 0.6 is 22.6 Å². The van der Waals surface area contributed by atoms with Gasteiger partial charge in [0.15, 0.2) is 0 Å². The number of esters is 1. The van der Waals surface area contributed by atoms with E-state index in [2.05, 4.69) is 38.6 Å². The molecule has 3 aromatic rings. The second-order valence-electron chi connectivity index (χ2n) is 4.32. The van der Waals surface area contributed by atoms with Gasteiger partial charge in [0.2, 0.25) is 0 Å². The number of benzene rings is 2. The zero-order chi connectivity index (χ0) is 14.1. The Bertz CT molecular complexity index is 795. The molecule has 0 aliphatic heterocycles. The fourth-order valence-corrected chi connectivity index (χ4v) is 2.57. The maximum absolute atomic E-state index is 11.5. The highest BCUT2D eigenvalue weighted by molar-refractivity contribution is 14.1. The Hall–Kier alpha value is -1.89. The van der Waals surface area contributed by atoms with Gasteiger partial charge < -0.3 is 9.72 Å².